The highest BCUT2D eigenvalue weighted by Crippen LogP contribution is 2.31. The van der Waals surface area contributed by atoms with Crippen molar-refractivity contribution in [3.63, 3.8) is 0 Å². The standard InChI is InChI=1S/C14H27NO2S/c1-5-6-7-12(13(16)17-4)15-9-8-14(2,3)18-11-10-15/h12H,5-11H2,1-4H3. The van der Waals surface area contributed by atoms with Crippen molar-refractivity contribution in [1.82, 2.24) is 4.90 Å². The Labute approximate surface area is 116 Å². The largest absolute Gasteiger partial charge is 0.468 e. The van der Waals surface area contributed by atoms with Gasteiger partial charge in [0.2, 0.25) is 0 Å². The lowest BCUT2D eigenvalue weighted by Crippen LogP contribution is -2.43. The Hall–Kier alpha value is -0.220. The summed E-state index contributed by atoms with van der Waals surface area (Å²) >= 11 is 2.01. The molecule has 1 rings (SSSR count). The molecule has 0 aliphatic carbocycles. The molecule has 0 saturated carbocycles. The van der Waals surface area contributed by atoms with Crippen LogP contribution in [-0.4, -0.2) is 47.6 Å². The van der Waals surface area contributed by atoms with Crippen molar-refractivity contribution in [2.45, 2.75) is 57.2 Å². The first kappa shape index (κ1) is 15.8. The minimum Gasteiger partial charge on any atom is -0.468 e. The first-order chi connectivity index (χ1) is 8.50. The van der Waals surface area contributed by atoms with Crippen LogP contribution in [0.2, 0.25) is 0 Å². The Morgan fingerprint density at radius 3 is 2.78 bits per heavy atom. The van der Waals surface area contributed by atoms with Crippen molar-refractivity contribution in [3.8, 4) is 0 Å². The zero-order chi connectivity index (χ0) is 13.6. The van der Waals surface area contributed by atoms with Gasteiger partial charge in [-0.3, -0.25) is 9.69 Å². The van der Waals surface area contributed by atoms with Crippen molar-refractivity contribution in [2.24, 2.45) is 0 Å². The van der Waals surface area contributed by atoms with Gasteiger partial charge in [0, 0.05) is 23.6 Å². The van der Waals surface area contributed by atoms with E-state index < -0.39 is 0 Å². The molecule has 0 aromatic rings. The van der Waals surface area contributed by atoms with Crippen molar-refractivity contribution < 1.29 is 9.53 Å². The van der Waals surface area contributed by atoms with Gasteiger partial charge in [-0.05, 0) is 12.8 Å². The third kappa shape index (κ3) is 4.81. The summed E-state index contributed by atoms with van der Waals surface area (Å²) in [7, 11) is 1.50. The lowest BCUT2D eigenvalue weighted by Gasteiger charge is -2.28. The van der Waals surface area contributed by atoms with E-state index in [-0.39, 0.29) is 12.0 Å². The topological polar surface area (TPSA) is 29.5 Å². The van der Waals surface area contributed by atoms with E-state index >= 15 is 0 Å². The molecule has 1 saturated heterocycles. The number of hydrogen-bond acceptors (Lipinski definition) is 4. The minimum absolute atomic E-state index is 0.0375. The number of esters is 1. The fraction of sp³-hybridized carbons (Fsp3) is 0.929. The van der Waals surface area contributed by atoms with E-state index in [1.54, 1.807) is 0 Å². The van der Waals surface area contributed by atoms with Gasteiger partial charge in [0.15, 0.2) is 0 Å². The Bertz CT molecular complexity index is 269. The quantitative estimate of drug-likeness (QED) is 0.720. The predicted octanol–water partition coefficient (Wildman–Crippen LogP) is 2.94. The minimum atomic E-state index is -0.0619. The maximum atomic E-state index is 11.9. The van der Waals surface area contributed by atoms with Crippen LogP contribution in [0.5, 0.6) is 0 Å². The number of thioether (sulfide) groups is 1. The number of ether oxygens (including phenoxy) is 1. The highest BCUT2D eigenvalue weighted by Gasteiger charge is 2.30. The molecule has 0 aromatic carbocycles. The number of hydrogen-bond donors (Lipinski definition) is 0. The molecule has 0 radical (unpaired) electrons. The smallest absolute Gasteiger partial charge is 0.323 e. The summed E-state index contributed by atoms with van der Waals surface area (Å²) in [6.45, 7) is 8.75. The Morgan fingerprint density at radius 1 is 1.44 bits per heavy atom. The molecule has 1 heterocycles. The van der Waals surface area contributed by atoms with Gasteiger partial charge in [-0.1, -0.05) is 33.6 Å². The molecule has 0 bridgehead atoms. The van der Waals surface area contributed by atoms with Gasteiger partial charge in [0.25, 0.3) is 0 Å². The van der Waals surface area contributed by atoms with Gasteiger partial charge in [-0.15, -0.1) is 0 Å². The summed E-state index contributed by atoms with van der Waals surface area (Å²) in [6, 6.07) is -0.0375. The molecule has 1 aliphatic heterocycles. The summed E-state index contributed by atoms with van der Waals surface area (Å²) < 4.78 is 5.30. The number of rotatable bonds is 5. The van der Waals surface area contributed by atoms with E-state index in [2.05, 4.69) is 25.7 Å². The first-order valence-electron chi connectivity index (χ1n) is 6.96. The first-order valence-corrected chi connectivity index (χ1v) is 7.94. The van der Waals surface area contributed by atoms with Gasteiger partial charge in [0.1, 0.15) is 6.04 Å². The average molecular weight is 273 g/mol. The highest BCUT2D eigenvalue weighted by atomic mass is 32.2. The second-order valence-corrected chi connectivity index (χ2v) is 7.38. The van der Waals surface area contributed by atoms with Crippen molar-refractivity contribution in [2.75, 3.05) is 26.0 Å². The lowest BCUT2D eigenvalue weighted by atomic mass is 10.1. The van der Waals surface area contributed by atoms with Gasteiger partial charge in [-0.25, -0.2) is 0 Å². The molecule has 3 nitrogen and oxygen atoms in total. The van der Waals surface area contributed by atoms with E-state index in [4.69, 9.17) is 4.74 Å². The fourth-order valence-corrected chi connectivity index (χ4v) is 3.44. The predicted molar refractivity (Wildman–Crippen MR) is 78.1 cm³/mol. The maximum Gasteiger partial charge on any atom is 0.323 e. The number of nitrogens with zero attached hydrogens (tertiary/aromatic N) is 1. The molecule has 1 aliphatic rings. The fourth-order valence-electron chi connectivity index (χ4n) is 2.33. The summed E-state index contributed by atoms with van der Waals surface area (Å²) in [5.41, 5.74) is 0. The van der Waals surface area contributed by atoms with Crippen LogP contribution in [0.3, 0.4) is 0 Å². The second kappa shape index (κ2) is 7.39. The van der Waals surface area contributed by atoms with E-state index in [1.165, 1.54) is 7.11 Å². The Morgan fingerprint density at radius 2 is 2.17 bits per heavy atom. The third-order valence-corrected chi connectivity index (χ3v) is 4.99. The van der Waals surface area contributed by atoms with Gasteiger partial charge < -0.3 is 4.74 Å². The van der Waals surface area contributed by atoms with E-state index in [9.17, 15) is 4.79 Å². The van der Waals surface area contributed by atoms with Crippen LogP contribution in [0.15, 0.2) is 0 Å². The molecule has 0 spiro atoms. The van der Waals surface area contributed by atoms with E-state index in [0.29, 0.717) is 4.75 Å². The van der Waals surface area contributed by atoms with Crippen LogP contribution in [0.4, 0.5) is 0 Å². The maximum absolute atomic E-state index is 11.9. The molecular weight excluding hydrogens is 246 g/mol. The number of carbonyl (C=O) groups excluding carboxylic acids is 1. The van der Waals surface area contributed by atoms with E-state index in [0.717, 1.165) is 44.5 Å². The average Bonchev–Trinajstić information content (AvgIpc) is 2.51. The van der Waals surface area contributed by atoms with Gasteiger partial charge in [-0.2, -0.15) is 11.8 Å². The summed E-state index contributed by atoms with van der Waals surface area (Å²) in [5, 5.41) is 0. The monoisotopic (exact) mass is 273 g/mol. The number of carbonyl (C=O) groups is 1. The number of unbranched alkanes of at least 4 members (excludes halogenated alkanes) is 1. The normalized spacial score (nSPS) is 22.2. The van der Waals surface area contributed by atoms with Crippen LogP contribution < -0.4 is 0 Å². The van der Waals surface area contributed by atoms with Gasteiger partial charge >= 0.3 is 5.97 Å². The molecule has 18 heavy (non-hydrogen) atoms. The molecule has 1 unspecified atom stereocenters. The zero-order valence-electron chi connectivity index (χ0n) is 12.2. The van der Waals surface area contributed by atoms with Crippen LogP contribution in [-0.2, 0) is 9.53 Å². The van der Waals surface area contributed by atoms with Gasteiger partial charge in [0.05, 0.1) is 7.11 Å². The lowest BCUT2D eigenvalue weighted by molar-refractivity contribution is -0.147. The van der Waals surface area contributed by atoms with Crippen LogP contribution in [0.25, 0.3) is 0 Å². The molecule has 1 fully saturated rings. The molecule has 0 N–H and O–H groups in total. The van der Waals surface area contributed by atoms with Crippen LogP contribution >= 0.6 is 11.8 Å². The van der Waals surface area contributed by atoms with E-state index in [1.807, 2.05) is 11.8 Å². The number of methoxy groups -OCH3 is 1. The van der Waals surface area contributed by atoms with Crippen LogP contribution in [0, 0.1) is 0 Å². The molecular formula is C14H27NO2S. The molecule has 4 heteroatoms. The second-order valence-electron chi connectivity index (χ2n) is 5.58. The Balaban J connectivity index is 2.63. The third-order valence-electron chi connectivity index (χ3n) is 3.62. The summed E-state index contributed by atoms with van der Waals surface area (Å²) in [6.07, 6.45) is 4.28. The molecule has 106 valence electrons. The van der Waals surface area contributed by atoms with Crippen molar-refractivity contribution in [3.05, 3.63) is 0 Å². The molecule has 0 aromatic heterocycles. The van der Waals surface area contributed by atoms with Crippen LogP contribution in [0.1, 0.15) is 46.5 Å². The highest BCUT2D eigenvalue weighted by molar-refractivity contribution is 8.00. The SMILES string of the molecule is CCCCC(C(=O)OC)N1CCSC(C)(C)CC1. The zero-order valence-corrected chi connectivity index (χ0v) is 13.0. The summed E-state index contributed by atoms with van der Waals surface area (Å²) in [5.74, 6) is 1.04. The van der Waals surface area contributed by atoms with Crippen molar-refractivity contribution >= 4 is 17.7 Å². The summed E-state index contributed by atoms with van der Waals surface area (Å²) in [4.78, 5) is 14.2. The molecule has 0 amide bonds. The van der Waals surface area contributed by atoms with Crippen molar-refractivity contribution in [1.29, 1.82) is 0 Å². The Kier molecular flexibility index (Phi) is 6.50. The molecule has 1 atom stereocenters.